The van der Waals surface area contributed by atoms with Crippen molar-refractivity contribution in [2.45, 2.75) is 38.6 Å². The fourth-order valence-corrected chi connectivity index (χ4v) is 2.51. The molecule has 0 fully saturated rings. The number of nitrogens with zero attached hydrogens (tertiary/aromatic N) is 2. The van der Waals surface area contributed by atoms with Crippen molar-refractivity contribution in [1.29, 1.82) is 0 Å². The van der Waals surface area contributed by atoms with E-state index in [-0.39, 0.29) is 19.3 Å². The number of hydrogen-bond donors (Lipinski definition) is 3. The van der Waals surface area contributed by atoms with Gasteiger partial charge in [-0.15, -0.1) is 0 Å². The van der Waals surface area contributed by atoms with Crippen molar-refractivity contribution in [2.24, 2.45) is 5.73 Å². The van der Waals surface area contributed by atoms with Crippen molar-refractivity contribution >= 4 is 23.4 Å². The van der Waals surface area contributed by atoms with E-state index in [2.05, 4.69) is 10.3 Å². The fourth-order valence-electron chi connectivity index (χ4n) is 2.51. The lowest BCUT2D eigenvalue weighted by atomic mass is 10.1. The zero-order valence-corrected chi connectivity index (χ0v) is 13.4. The van der Waals surface area contributed by atoms with E-state index in [1.165, 1.54) is 0 Å². The first-order valence-electron chi connectivity index (χ1n) is 7.61. The summed E-state index contributed by atoms with van der Waals surface area (Å²) in [7, 11) is 0. The molecule has 2 aromatic rings. The summed E-state index contributed by atoms with van der Waals surface area (Å²) in [6, 6.07) is 4.52. The minimum absolute atomic E-state index is 0.0228. The number of nitrogens with one attached hydrogen (secondary N) is 1. The number of carboxylic acids is 1. The molecule has 2 aromatic heterocycles. The van der Waals surface area contributed by atoms with Gasteiger partial charge in [0.05, 0.1) is 5.69 Å². The van der Waals surface area contributed by atoms with Crippen LogP contribution < -0.4 is 11.1 Å². The van der Waals surface area contributed by atoms with Gasteiger partial charge in [0.2, 0.25) is 11.8 Å². The molecule has 128 valence electrons. The molecule has 2 rings (SSSR count). The predicted octanol–water partition coefficient (Wildman–Crippen LogP) is 0.410. The Morgan fingerprint density at radius 2 is 2.08 bits per heavy atom. The highest BCUT2D eigenvalue weighted by Crippen LogP contribution is 2.13. The summed E-state index contributed by atoms with van der Waals surface area (Å²) < 4.78 is 1.91. The molecule has 4 N–H and O–H groups in total. The lowest BCUT2D eigenvalue weighted by molar-refractivity contribution is -0.142. The van der Waals surface area contributed by atoms with Crippen molar-refractivity contribution in [3.8, 4) is 0 Å². The first-order valence-corrected chi connectivity index (χ1v) is 7.61. The van der Waals surface area contributed by atoms with Gasteiger partial charge in [-0.1, -0.05) is 6.07 Å². The van der Waals surface area contributed by atoms with Crippen LogP contribution in [0.15, 0.2) is 24.4 Å². The number of primary amides is 1. The van der Waals surface area contributed by atoms with Crippen molar-refractivity contribution < 1.29 is 19.5 Å². The summed E-state index contributed by atoms with van der Waals surface area (Å²) in [5, 5.41) is 11.5. The molecule has 8 heteroatoms. The number of imidazole rings is 1. The highest BCUT2D eigenvalue weighted by atomic mass is 16.4. The molecule has 0 aliphatic heterocycles. The average Bonchev–Trinajstić information content (AvgIpc) is 2.84. The van der Waals surface area contributed by atoms with Crippen LogP contribution in [0.4, 0.5) is 0 Å². The van der Waals surface area contributed by atoms with E-state index in [0.29, 0.717) is 6.42 Å². The van der Waals surface area contributed by atoms with E-state index in [9.17, 15) is 14.4 Å². The van der Waals surface area contributed by atoms with Crippen LogP contribution in [-0.4, -0.2) is 38.3 Å². The quantitative estimate of drug-likeness (QED) is 0.645. The molecule has 0 aliphatic carbocycles. The minimum Gasteiger partial charge on any atom is -0.480 e. The smallest absolute Gasteiger partial charge is 0.326 e. The van der Waals surface area contributed by atoms with Gasteiger partial charge in [0, 0.05) is 24.7 Å². The number of aromatic nitrogens is 2. The van der Waals surface area contributed by atoms with Gasteiger partial charge in [-0.2, -0.15) is 0 Å². The van der Waals surface area contributed by atoms with Gasteiger partial charge in [-0.3, -0.25) is 9.59 Å². The Balaban J connectivity index is 1.97. The van der Waals surface area contributed by atoms with E-state index in [1.807, 2.05) is 35.7 Å². The molecule has 2 amide bonds. The molecule has 0 aromatic carbocycles. The summed E-state index contributed by atoms with van der Waals surface area (Å²) in [4.78, 5) is 38.3. The average molecular weight is 332 g/mol. The summed E-state index contributed by atoms with van der Waals surface area (Å²) >= 11 is 0. The third kappa shape index (κ3) is 4.31. The zero-order valence-electron chi connectivity index (χ0n) is 13.4. The fraction of sp³-hybridized carbons (Fsp3) is 0.375. The van der Waals surface area contributed by atoms with Crippen LogP contribution >= 0.6 is 0 Å². The van der Waals surface area contributed by atoms with Crippen LogP contribution in [0.2, 0.25) is 0 Å². The number of carboxylic acid groups (broad SMARTS) is 1. The van der Waals surface area contributed by atoms with Crippen molar-refractivity contribution in [3.05, 3.63) is 35.8 Å². The number of rotatable bonds is 8. The molecule has 0 spiro atoms. The van der Waals surface area contributed by atoms with Gasteiger partial charge in [0.25, 0.3) is 0 Å². The molecule has 0 saturated heterocycles. The number of pyridine rings is 1. The molecule has 0 radical (unpaired) electrons. The first kappa shape index (κ1) is 17.5. The molecule has 0 bridgehead atoms. The number of carbonyl (C=O) groups is 3. The predicted molar refractivity (Wildman–Crippen MR) is 86.2 cm³/mol. The van der Waals surface area contributed by atoms with Gasteiger partial charge in [-0.25, -0.2) is 9.78 Å². The number of hydrogen-bond acceptors (Lipinski definition) is 4. The Bertz CT molecular complexity index is 769. The number of carbonyl (C=O) groups excluding carboxylic acids is 2. The monoisotopic (exact) mass is 332 g/mol. The highest BCUT2D eigenvalue weighted by Gasteiger charge is 2.20. The van der Waals surface area contributed by atoms with Crippen LogP contribution in [0.25, 0.3) is 5.65 Å². The van der Waals surface area contributed by atoms with E-state index in [1.54, 1.807) is 0 Å². The maximum atomic E-state index is 12.0. The maximum Gasteiger partial charge on any atom is 0.326 e. The summed E-state index contributed by atoms with van der Waals surface area (Å²) in [6.45, 7) is 1.87. The summed E-state index contributed by atoms with van der Waals surface area (Å²) in [6.07, 6.45) is 2.32. The van der Waals surface area contributed by atoms with Crippen LogP contribution in [0, 0.1) is 6.92 Å². The summed E-state index contributed by atoms with van der Waals surface area (Å²) in [5.41, 5.74) is 7.55. The second-order valence-corrected chi connectivity index (χ2v) is 5.54. The third-order valence-corrected chi connectivity index (χ3v) is 3.73. The maximum absolute atomic E-state index is 12.0. The Hall–Kier alpha value is -2.90. The third-order valence-electron chi connectivity index (χ3n) is 3.73. The van der Waals surface area contributed by atoms with Crippen molar-refractivity contribution in [2.75, 3.05) is 0 Å². The Morgan fingerprint density at radius 1 is 1.33 bits per heavy atom. The number of amides is 2. The zero-order chi connectivity index (χ0) is 17.7. The van der Waals surface area contributed by atoms with Gasteiger partial charge in [0.15, 0.2) is 0 Å². The molecular weight excluding hydrogens is 312 g/mol. The first-order chi connectivity index (χ1) is 11.4. The molecule has 0 saturated carbocycles. The Morgan fingerprint density at radius 3 is 2.75 bits per heavy atom. The molecule has 1 unspecified atom stereocenters. The van der Waals surface area contributed by atoms with Gasteiger partial charge in [0.1, 0.15) is 11.7 Å². The molecule has 0 aliphatic rings. The van der Waals surface area contributed by atoms with Crippen LogP contribution in [0.1, 0.15) is 30.7 Å². The van der Waals surface area contributed by atoms with Crippen molar-refractivity contribution in [3.63, 3.8) is 0 Å². The molecule has 8 nitrogen and oxygen atoms in total. The number of nitrogens with two attached hydrogens (primary N) is 1. The molecule has 24 heavy (non-hydrogen) atoms. The molecule has 1 atom stereocenters. The summed E-state index contributed by atoms with van der Waals surface area (Å²) in [5.74, 6) is -2.18. The number of aryl methyl sites for hydroxylation is 2. The van der Waals surface area contributed by atoms with Crippen LogP contribution in [0.5, 0.6) is 0 Å². The highest BCUT2D eigenvalue weighted by molar-refractivity contribution is 5.84. The van der Waals surface area contributed by atoms with Gasteiger partial charge in [-0.05, 0) is 31.9 Å². The van der Waals surface area contributed by atoms with Gasteiger partial charge >= 0.3 is 5.97 Å². The minimum atomic E-state index is -1.18. The van der Waals surface area contributed by atoms with E-state index in [0.717, 1.165) is 17.0 Å². The largest absolute Gasteiger partial charge is 0.480 e. The lowest BCUT2D eigenvalue weighted by Gasteiger charge is -2.13. The van der Waals surface area contributed by atoms with E-state index >= 15 is 0 Å². The lowest BCUT2D eigenvalue weighted by Crippen LogP contribution is -2.41. The number of fused-ring (bicyclic) bond motifs is 1. The SMILES string of the molecule is Cc1nc2ccccn2c1CCC(=O)NC(CCC(N)=O)C(=O)O. The Kier molecular flexibility index (Phi) is 5.51. The van der Waals surface area contributed by atoms with Crippen molar-refractivity contribution in [1.82, 2.24) is 14.7 Å². The van der Waals surface area contributed by atoms with E-state index < -0.39 is 23.8 Å². The van der Waals surface area contributed by atoms with E-state index in [4.69, 9.17) is 10.8 Å². The normalized spacial score (nSPS) is 12.0. The number of aliphatic carboxylic acids is 1. The Labute approximate surface area is 138 Å². The molecular formula is C16H20N4O4. The topological polar surface area (TPSA) is 127 Å². The standard InChI is InChI=1S/C16H20N4O4/c1-10-12(20-9-3-2-4-14(20)18-10)6-8-15(22)19-11(16(23)24)5-7-13(17)21/h2-4,9,11H,5-8H2,1H3,(H2,17,21)(H,19,22)(H,23,24). The second kappa shape index (κ2) is 7.58. The van der Waals surface area contributed by atoms with Gasteiger partial charge < -0.3 is 20.6 Å². The molecule has 2 heterocycles. The van der Waals surface area contributed by atoms with Crippen LogP contribution in [0.3, 0.4) is 0 Å². The second-order valence-electron chi connectivity index (χ2n) is 5.54. The van der Waals surface area contributed by atoms with Crippen LogP contribution in [-0.2, 0) is 20.8 Å².